The molecule has 0 bridgehead atoms. The molecule has 1 heterocycles. The highest BCUT2D eigenvalue weighted by atomic mass is 79.9. The molecule has 1 saturated heterocycles. The third-order valence-electron chi connectivity index (χ3n) is 2.48. The summed E-state index contributed by atoms with van der Waals surface area (Å²) in [4.78, 5) is 0. The number of hydrogen-bond acceptors (Lipinski definition) is 2. The number of halogens is 1. The predicted molar refractivity (Wildman–Crippen MR) is 56.0 cm³/mol. The van der Waals surface area contributed by atoms with Crippen molar-refractivity contribution in [3.05, 3.63) is 28.2 Å². The van der Waals surface area contributed by atoms with Gasteiger partial charge in [0.15, 0.2) is 0 Å². The van der Waals surface area contributed by atoms with E-state index in [1.807, 2.05) is 12.1 Å². The van der Waals surface area contributed by atoms with Crippen LogP contribution < -0.4 is 5.32 Å². The highest BCUT2D eigenvalue weighted by molar-refractivity contribution is 9.10. The maximum Gasteiger partial charge on any atom is 0.115 e. The second-order valence-electron chi connectivity index (χ2n) is 3.40. The Hall–Kier alpha value is -0.540. The van der Waals surface area contributed by atoms with Crippen molar-refractivity contribution in [2.24, 2.45) is 0 Å². The quantitative estimate of drug-likeness (QED) is 0.791. The molecule has 2 N–H and O–H groups in total. The molecule has 0 spiro atoms. The SMILES string of the molecule is Oc1ccc(Br)c(C2CCNC2)c1. The number of benzene rings is 1. The molecular weight excluding hydrogens is 230 g/mol. The molecule has 70 valence electrons. The summed E-state index contributed by atoms with van der Waals surface area (Å²) >= 11 is 3.50. The summed E-state index contributed by atoms with van der Waals surface area (Å²) in [6, 6.07) is 5.46. The maximum atomic E-state index is 9.36. The summed E-state index contributed by atoms with van der Waals surface area (Å²) in [6.45, 7) is 2.09. The predicted octanol–water partition coefficient (Wildman–Crippen LogP) is 2.23. The van der Waals surface area contributed by atoms with Gasteiger partial charge in [-0.25, -0.2) is 0 Å². The summed E-state index contributed by atoms with van der Waals surface area (Å²) in [5, 5.41) is 12.7. The van der Waals surface area contributed by atoms with Gasteiger partial charge in [-0.2, -0.15) is 0 Å². The summed E-state index contributed by atoms with van der Waals surface area (Å²) in [6.07, 6.45) is 1.15. The van der Waals surface area contributed by atoms with Crippen molar-refractivity contribution in [1.82, 2.24) is 5.32 Å². The lowest BCUT2D eigenvalue weighted by Gasteiger charge is -2.11. The van der Waals surface area contributed by atoms with Crippen molar-refractivity contribution >= 4 is 15.9 Å². The Balaban J connectivity index is 2.32. The molecule has 0 radical (unpaired) electrons. The van der Waals surface area contributed by atoms with Crippen molar-refractivity contribution < 1.29 is 5.11 Å². The zero-order valence-electron chi connectivity index (χ0n) is 7.26. The van der Waals surface area contributed by atoms with Crippen LogP contribution in [0.3, 0.4) is 0 Å². The minimum absolute atomic E-state index is 0.352. The van der Waals surface area contributed by atoms with Crippen LogP contribution in [0, 0.1) is 0 Å². The molecule has 1 fully saturated rings. The van der Waals surface area contributed by atoms with Crippen molar-refractivity contribution in [2.45, 2.75) is 12.3 Å². The molecule has 2 nitrogen and oxygen atoms in total. The molecule has 0 aliphatic carbocycles. The second-order valence-corrected chi connectivity index (χ2v) is 4.25. The van der Waals surface area contributed by atoms with Crippen LogP contribution in [0.25, 0.3) is 0 Å². The van der Waals surface area contributed by atoms with Gasteiger partial charge in [-0.3, -0.25) is 0 Å². The van der Waals surface area contributed by atoms with E-state index in [1.54, 1.807) is 6.07 Å². The second kappa shape index (κ2) is 3.68. The molecule has 1 unspecified atom stereocenters. The average molecular weight is 242 g/mol. The van der Waals surface area contributed by atoms with E-state index in [9.17, 15) is 5.11 Å². The fraction of sp³-hybridized carbons (Fsp3) is 0.400. The van der Waals surface area contributed by atoms with E-state index in [0.29, 0.717) is 11.7 Å². The Labute approximate surface area is 86.1 Å². The Morgan fingerprint density at radius 3 is 3.00 bits per heavy atom. The molecule has 13 heavy (non-hydrogen) atoms. The molecule has 1 aromatic carbocycles. The van der Waals surface area contributed by atoms with E-state index in [1.165, 1.54) is 5.56 Å². The maximum absolute atomic E-state index is 9.36. The van der Waals surface area contributed by atoms with Gasteiger partial charge in [0.25, 0.3) is 0 Å². The fourth-order valence-electron chi connectivity index (χ4n) is 1.76. The van der Waals surface area contributed by atoms with E-state index in [0.717, 1.165) is 24.0 Å². The van der Waals surface area contributed by atoms with Crippen molar-refractivity contribution in [1.29, 1.82) is 0 Å². The number of aromatic hydroxyl groups is 1. The Morgan fingerprint density at radius 1 is 1.46 bits per heavy atom. The number of hydrogen-bond donors (Lipinski definition) is 2. The van der Waals surface area contributed by atoms with Gasteiger partial charge >= 0.3 is 0 Å². The molecule has 0 aromatic heterocycles. The van der Waals surface area contributed by atoms with Crippen LogP contribution in [0.2, 0.25) is 0 Å². The van der Waals surface area contributed by atoms with E-state index >= 15 is 0 Å². The number of phenols is 1. The highest BCUT2D eigenvalue weighted by Gasteiger charge is 2.18. The van der Waals surface area contributed by atoms with Crippen LogP contribution in [0.1, 0.15) is 17.9 Å². The topological polar surface area (TPSA) is 32.3 Å². The fourth-order valence-corrected chi connectivity index (χ4v) is 2.33. The van der Waals surface area contributed by atoms with Gasteiger partial charge in [-0.05, 0) is 42.6 Å². The Morgan fingerprint density at radius 2 is 2.31 bits per heavy atom. The van der Waals surface area contributed by atoms with Gasteiger partial charge in [-0.15, -0.1) is 0 Å². The average Bonchev–Trinajstić information content (AvgIpc) is 2.61. The molecule has 1 atom stereocenters. The zero-order chi connectivity index (χ0) is 9.26. The van der Waals surface area contributed by atoms with Gasteiger partial charge in [0.2, 0.25) is 0 Å². The molecule has 1 aliphatic heterocycles. The number of nitrogens with one attached hydrogen (secondary N) is 1. The van der Waals surface area contributed by atoms with E-state index in [4.69, 9.17) is 0 Å². The van der Waals surface area contributed by atoms with Gasteiger partial charge in [0.1, 0.15) is 5.75 Å². The van der Waals surface area contributed by atoms with Crippen LogP contribution in [-0.2, 0) is 0 Å². The van der Waals surface area contributed by atoms with Gasteiger partial charge in [-0.1, -0.05) is 15.9 Å². The third-order valence-corrected chi connectivity index (χ3v) is 3.20. The first-order valence-electron chi connectivity index (χ1n) is 4.46. The van der Waals surface area contributed by atoms with Crippen molar-refractivity contribution in [2.75, 3.05) is 13.1 Å². The number of phenolic OH excluding ortho intramolecular Hbond substituents is 1. The lowest BCUT2D eigenvalue weighted by atomic mass is 9.98. The smallest absolute Gasteiger partial charge is 0.115 e. The molecule has 1 aromatic rings. The molecule has 3 heteroatoms. The number of rotatable bonds is 1. The first-order chi connectivity index (χ1) is 6.27. The first kappa shape index (κ1) is 9.03. The minimum atomic E-state index is 0.352. The Kier molecular flexibility index (Phi) is 2.56. The summed E-state index contributed by atoms with van der Waals surface area (Å²) in [5.74, 6) is 0.895. The molecule has 0 amide bonds. The van der Waals surface area contributed by atoms with E-state index in [2.05, 4.69) is 21.2 Å². The monoisotopic (exact) mass is 241 g/mol. The first-order valence-corrected chi connectivity index (χ1v) is 5.26. The lowest BCUT2D eigenvalue weighted by Crippen LogP contribution is -2.08. The van der Waals surface area contributed by atoms with Crippen LogP contribution in [0.4, 0.5) is 0 Å². The van der Waals surface area contributed by atoms with Crippen molar-refractivity contribution in [3.63, 3.8) is 0 Å². The molecule has 0 saturated carbocycles. The largest absolute Gasteiger partial charge is 0.508 e. The summed E-state index contributed by atoms with van der Waals surface area (Å²) < 4.78 is 1.10. The van der Waals surface area contributed by atoms with Crippen molar-refractivity contribution in [3.8, 4) is 5.75 Å². The third kappa shape index (κ3) is 1.86. The van der Waals surface area contributed by atoms with Gasteiger partial charge in [0.05, 0.1) is 0 Å². The molecular formula is C10H12BrNO. The zero-order valence-corrected chi connectivity index (χ0v) is 8.84. The van der Waals surface area contributed by atoms with Gasteiger partial charge < -0.3 is 10.4 Å². The lowest BCUT2D eigenvalue weighted by molar-refractivity contribution is 0.473. The van der Waals surface area contributed by atoms with Crippen LogP contribution >= 0.6 is 15.9 Å². The van der Waals surface area contributed by atoms with E-state index in [-0.39, 0.29) is 0 Å². The standard InChI is InChI=1S/C10H12BrNO/c11-10-2-1-8(13)5-9(10)7-3-4-12-6-7/h1-2,5,7,12-13H,3-4,6H2. The molecule has 2 rings (SSSR count). The van der Waals surface area contributed by atoms with E-state index < -0.39 is 0 Å². The highest BCUT2D eigenvalue weighted by Crippen LogP contribution is 2.31. The summed E-state index contributed by atoms with van der Waals surface area (Å²) in [5.41, 5.74) is 1.21. The summed E-state index contributed by atoms with van der Waals surface area (Å²) in [7, 11) is 0. The minimum Gasteiger partial charge on any atom is -0.508 e. The normalized spacial score (nSPS) is 22.1. The van der Waals surface area contributed by atoms with Crippen LogP contribution in [0.15, 0.2) is 22.7 Å². The Bertz CT molecular complexity index is 308. The van der Waals surface area contributed by atoms with Crippen LogP contribution in [0.5, 0.6) is 5.75 Å². The molecule has 1 aliphatic rings. The van der Waals surface area contributed by atoms with Crippen LogP contribution in [-0.4, -0.2) is 18.2 Å². The van der Waals surface area contributed by atoms with Gasteiger partial charge in [0, 0.05) is 11.0 Å².